The molecule has 0 unspecified atom stereocenters. The number of anilines is 2. The fourth-order valence-corrected chi connectivity index (χ4v) is 3.38. The Morgan fingerprint density at radius 2 is 1.96 bits per heavy atom. The Balaban J connectivity index is 1.82. The Morgan fingerprint density at radius 1 is 1.22 bits per heavy atom. The zero-order chi connectivity index (χ0) is 19.6. The number of hydrogen-bond donors (Lipinski definition) is 2. The zero-order valence-electron chi connectivity index (χ0n) is 16.1. The molecule has 3 rings (SSSR count). The topological polar surface area (TPSA) is 97.9 Å². The molecule has 0 amide bonds. The van der Waals surface area contributed by atoms with Crippen molar-refractivity contribution in [3.05, 3.63) is 30.9 Å². The van der Waals surface area contributed by atoms with Crippen LogP contribution >= 0.6 is 0 Å². The molecule has 0 saturated heterocycles. The number of aromatic nitrogens is 5. The first-order valence-electron chi connectivity index (χ1n) is 9.16. The van der Waals surface area contributed by atoms with Crippen molar-refractivity contribution in [1.29, 1.82) is 0 Å². The predicted molar refractivity (Wildman–Crippen MR) is 104 cm³/mol. The summed E-state index contributed by atoms with van der Waals surface area (Å²) in [6, 6.07) is 2.03. The third-order valence-electron chi connectivity index (χ3n) is 4.81. The highest BCUT2D eigenvalue weighted by Crippen LogP contribution is 2.25. The number of aliphatic carboxylic acids is 1. The number of carbonyl (C=O) groups is 1. The summed E-state index contributed by atoms with van der Waals surface area (Å²) in [5.41, 5.74) is 1.53. The molecule has 3 heterocycles. The molecule has 144 valence electrons. The second-order valence-corrected chi connectivity index (χ2v) is 7.54. The standard InChI is InChI=1S/C19H26N6O2/c1-12(2)16(13(3)4)10-24-6-5-14-7-20-19(23-18(14)24)22-15-8-21-25(9-15)11-17(26)27/h5-9,12-13,16H,10-11H2,1-4H3,(H,26,27)(H,20,22,23). The molecule has 3 aromatic rings. The van der Waals surface area contributed by atoms with Gasteiger partial charge < -0.3 is 15.0 Å². The van der Waals surface area contributed by atoms with Crippen molar-refractivity contribution in [1.82, 2.24) is 24.3 Å². The Bertz CT molecular complexity index is 919. The minimum atomic E-state index is -0.940. The number of rotatable bonds is 8. The van der Waals surface area contributed by atoms with Crippen LogP contribution in [-0.2, 0) is 17.9 Å². The van der Waals surface area contributed by atoms with E-state index in [1.165, 1.54) is 4.68 Å². The largest absolute Gasteiger partial charge is 0.480 e. The van der Waals surface area contributed by atoms with Crippen LogP contribution in [0.2, 0.25) is 0 Å². The fourth-order valence-electron chi connectivity index (χ4n) is 3.38. The number of hydrogen-bond acceptors (Lipinski definition) is 5. The van der Waals surface area contributed by atoms with Crippen LogP contribution in [0, 0.1) is 17.8 Å². The van der Waals surface area contributed by atoms with Gasteiger partial charge in [-0.3, -0.25) is 9.48 Å². The minimum Gasteiger partial charge on any atom is -0.480 e. The van der Waals surface area contributed by atoms with Gasteiger partial charge in [0.25, 0.3) is 0 Å². The minimum absolute atomic E-state index is 0.184. The van der Waals surface area contributed by atoms with Crippen molar-refractivity contribution < 1.29 is 9.90 Å². The van der Waals surface area contributed by atoms with Crippen molar-refractivity contribution in [2.24, 2.45) is 17.8 Å². The molecule has 0 aromatic carbocycles. The second-order valence-electron chi connectivity index (χ2n) is 7.54. The molecule has 0 spiro atoms. The number of carboxylic acid groups (broad SMARTS) is 1. The van der Waals surface area contributed by atoms with Gasteiger partial charge in [0.2, 0.25) is 5.95 Å². The van der Waals surface area contributed by atoms with Crippen molar-refractivity contribution in [3.8, 4) is 0 Å². The maximum Gasteiger partial charge on any atom is 0.325 e. The molecule has 0 bridgehead atoms. The molecule has 0 saturated carbocycles. The lowest BCUT2D eigenvalue weighted by molar-refractivity contribution is -0.137. The first-order chi connectivity index (χ1) is 12.8. The summed E-state index contributed by atoms with van der Waals surface area (Å²) in [4.78, 5) is 19.8. The monoisotopic (exact) mass is 370 g/mol. The van der Waals surface area contributed by atoms with Crippen LogP contribution in [0.1, 0.15) is 27.7 Å². The van der Waals surface area contributed by atoms with Crippen LogP contribution in [0.5, 0.6) is 0 Å². The fraction of sp³-hybridized carbons (Fsp3) is 0.474. The van der Waals surface area contributed by atoms with E-state index in [2.05, 4.69) is 58.8 Å². The number of nitrogens with zero attached hydrogens (tertiary/aromatic N) is 5. The van der Waals surface area contributed by atoms with Gasteiger partial charge in [0, 0.05) is 30.5 Å². The van der Waals surface area contributed by atoms with Gasteiger partial charge in [0.1, 0.15) is 12.2 Å². The molecule has 3 aromatic heterocycles. The maximum atomic E-state index is 10.8. The van der Waals surface area contributed by atoms with Crippen LogP contribution in [0.15, 0.2) is 30.9 Å². The van der Waals surface area contributed by atoms with Gasteiger partial charge in [0.05, 0.1) is 11.9 Å². The van der Waals surface area contributed by atoms with E-state index < -0.39 is 5.97 Å². The quantitative estimate of drug-likeness (QED) is 0.631. The molecule has 8 nitrogen and oxygen atoms in total. The second kappa shape index (κ2) is 7.77. The molecule has 0 atom stereocenters. The summed E-state index contributed by atoms with van der Waals surface area (Å²) in [6.45, 7) is 9.75. The van der Waals surface area contributed by atoms with Gasteiger partial charge in [-0.2, -0.15) is 10.1 Å². The number of carboxylic acids is 1. The Kier molecular flexibility index (Phi) is 5.43. The summed E-state index contributed by atoms with van der Waals surface area (Å²) < 4.78 is 3.53. The van der Waals surface area contributed by atoms with Gasteiger partial charge in [-0.1, -0.05) is 27.7 Å². The third kappa shape index (κ3) is 4.45. The first-order valence-corrected chi connectivity index (χ1v) is 9.16. The lowest BCUT2D eigenvalue weighted by atomic mass is 9.85. The van der Waals surface area contributed by atoms with Crippen LogP contribution in [0.3, 0.4) is 0 Å². The van der Waals surface area contributed by atoms with E-state index in [-0.39, 0.29) is 6.54 Å². The van der Waals surface area contributed by atoms with E-state index in [9.17, 15) is 4.79 Å². The average Bonchev–Trinajstić information content (AvgIpc) is 3.18. The molecule has 0 radical (unpaired) electrons. The molecule has 0 aliphatic heterocycles. The van der Waals surface area contributed by atoms with E-state index in [1.54, 1.807) is 18.6 Å². The van der Waals surface area contributed by atoms with E-state index in [0.29, 0.717) is 29.4 Å². The Hall–Kier alpha value is -2.90. The van der Waals surface area contributed by atoms with E-state index >= 15 is 0 Å². The van der Waals surface area contributed by atoms with Crippen LogP contribution < -0.4 is 5.32 Å². The summed E-state index contributed by atoms with van der Waals surface area (Å²) >= 11 is 0. The van der Waals surface area contributed by atoms with E-state index in [1.807, 2.05) is 6.07 Å². The third-order valence-corrected chi connectivity index (χ3v) is 4.81. The molecule has 0 fully saturated rings. The van der Waals surface area contributed by atoms with Gasteiger partial charge in [-0.05, 0) is 23.8 Å². The van der Waals surface area contributed by atoms with Gasteiger partial charge >= 0.3 is 5.97 Å². The van der Waals surface area contributed by atoms with Crippen molar-refractivity contribution in [2.45, 2.75) is 40.8 Å². The van der Waals surface area contributed by atoms with E-state index in [0.717, 1.165) is 17.6 Å². The first kappa shape index (κ1) is 18.9. The lowest BCUT2D eigenvalue weighted by Gasteiger charge is -2.25. The highest BCUT2D eigenvalue weighted by atomic mass is 16.4. The lowest BCUT2D eigenvalue weighted by Crippen LogP contribution is -2.21. The van der Waals surface area contributed by atoms with Crippen molar-refractivity contribution >= 4 is 28.6 Å². The van der Waals surface area contributed by atoms with Crippen LogP contribution in [-0.4, -0.2) is 35.4 Å². The predicted octanol–water partition coefficient (Wildman–Crippen LogP) is 3.38. The summed E-state index contributed by atoms with van der Waals surface area (Å²) in [6.07, 6.45) is 7.03. The molecule has 0 aliphatic carbocycles. The highest BCUT2D eigenvalue weighted by molar-refractivity contribution is 5.76. The SMILES string of the molecule is CC(C)C(Cn1ccc2cnc(Nc3cnn(CC(=O)O)c3)nc21)C(C)C. The van der Waals surface area contributed by atoms with Gasteiger partial charge in [-0.15, -0.1) is 0 Å². The molecular weight excluding hydrogens is 344 g/mol. The summed E-state index contributed by atoms with van der Waals surface area (Å²) in [7, 11) is 0. The summed E-state index contributed by atoms with van der Waals surface area (Å²) in [5, 5.41) is 16.9. The molecule has 2 N–H and O–H groups in total. The normalized spacial score (nSPS) is 11.8. The van der Waals surface area contributed by atoms with Crippen molar-refractivity contribution in [3.63, 3.8) is 0 Å². The Labute approximate surface area is 158 Å². The summed E-state index contributed by atoms with van der Waals surface area (Å²) in [5.74, 6) is 1.25. The van der Waals surface area contributed by atoms with Gasteiger partial charge in [-0.25, -0.2) is 4.98 Å². The maximum absolute atomic E-state index is 10.8. The highest BCUT2D eigenvalue weighted by Gasteiger charge is 2.19. The molecule has 8 heteroatoms. The van der Waals surface area contributed by atoms with E-state index in [4.69, 9.17) is 5.11 Å². The zero-order valence-corrected chi connectivity index (χ0v) is 16.1. The van der Waals surface area contributed by atoms with Crippen LogP contribution in [0.4, 0.5) is 11.6 Å². The number of fused-ring (bicyclic) bond motifs is 1. The van der Waals surface area contributed by atoms with Crippen molar-refractivity contribution in [2.75, 3.05) is 5.32 Å². The van der Waals surface area contributed by atoms with Gasteiger partial charge in [0.15, 0.2) is 0 Å². The molecule has 0 aliphatic rings. The number of nitrogens with one attached hydrogen (secondary N) is 1. The average molecular weight is 370 g/mol. The van der Waals surface area contributed by atoms with Crippen LogP contribution in [0.25, 0.3) is 11.0 Å². The molecular formula is C19H26N6O2. The smallest absolute Gasteiger partial charge is 0.325 e. The molecule has 27 heavy (non-hydrogen) atoms. The Morgan fingerprint density at radius 3 is 2.63 bits per heavy atom.